The van der Waals surface area contributed by atoms with Gasteiger partial charge in [0.15, 0.2) is 11.5 Å². The van der Waals surface area contributed by atoms with E-state index in [0.29, 0.717) is 12.0 Å². The summed E-state index contributed by atoms with van der Waals surface area (Å²) < 4.78 is 11.0. The summed E-state index contributed by atoms with van der Waals surface area (Å²) in [6.07, 6.45) is 1.05. The average Bonchev–Trinajstić information content (AvgIpc) is 2.65. The lowest BCUT2D eigenvalue weighted by Gasteiger charge is -2.36. The van der Waals surface area contributed by atoms with Gasteiger partial charge in [0.25, 0.3) is 0 Å². The number of ether oxygens (including phenoxy) is 2. The summed E-state index contributed by atoms with van der Waals surface area (Å²) in [5.41, 5.74) is 3.67. The maximum atomic E-state index is 5.51. The van der Waals surface area contributed by atoms with Crippen molar-refractivity contribution >= 4 is 5.69 Å². The zero-order valence-corrected chi connectivity index (χ0v) is 15.5. The largest absolute Gasteiger partial charge is 0.493 e. The molecule has 4 nitrogen and oxygen atoms in total. The molecule has 1 aliphatic rings. The summed E-state index contributed by atoms with van der Waals surface area (Å²) in [6, 6.07) is 15.4. The van der Waals surface area contributed by atoms with Crippen molar-refractivity contribution in [3.8, 4) is 11.5 Å². The van der Waals surface area contributed by atoms with E-state index in [2.05, 4.69) is 66.9 Å². The van der Waals surface area contributed by atoms with Gasteiger partial charge in [-0.2, -0.15) is 0 Å². The number of nitrogens with one attached hydrogen (secondary N) is 2. The van der Waals surface area contributed by atoms with Gasteiger partial charge in [-0.25, -0.2) is 0 Å². The van der Waals surface area contributed by atoms with Gasteiger partial charge in [-0.05, 0) is 29.5 Å². The number of methoxy groups -OCH3 is 2. The van der Waals surface area contributed by atoms with Gasteiger partial charge in [-0.15, -0.1) is 0 Å². The molecule has 2 aromatic carbocycles. The Hall–Kier alpha value is -2.20. The number of hydrogen-bond donors (Lipinski definition) is 2. The monoisotopic (exact) mass is 340 g/mol. The normalized spacial score (nSPS) is 19.2. The highest BCUT2D eigenvalue weighted by Gasteiger charge is 2.29. The molecule has 1 heterocycles. The molecule has 0 amide bonds. The Morgan fingerprint density at radius 1 is 1.08 bits per heavy atom. The maximum absolute atomic E-state index is 5.51. The van der Waals surface area contributed by atoms with Gasteiger partial charge >= 0.3 is 0 Å². The minimum absolute atomic E-state index is 0.281. The highest BCUT2D eigenvalue weighted by atomic mass is 16.5. The fourth-order valence-electron chi connectivity index (χ4n) is 3.42. The highest BCUT2D eigenvalue weighted by molar-refractivity contribution is 5.63. The molecule has 0 unspecified atom stereocenters. The average molecular weight is 340 g/mol. The molecule has 2 N–H and O–H groups in total. The Balaban J connectivity index is 1.89. The van der Waals surface area contributed by atoms with Crippen LogP contribution in [-0.4, -0.2) is 20.3 Å². The molecule has 0 bridgehead atoms. The molecular weight excluding hydrogens is 312 g/mol. The van der Waals surface area contributed by atoms with Crippen LogP contribution in [0.25, 0.3) is 0 Å². The van der Waals surface area contributed by atoms with Crippen molar-refractivity contribution < 1.29 is 9.47 Å². The molecule has 0 fully saturated rings. The van der Waals surface area contributed by atoms with Crippen molar-refractivity contribution in [2.45, 2.75) is 38.9 Å². The number of rotatable bonds is 6. The fraction of sp³-hybridized carbons (Fsp3) is 0.429. The van der Waals surface area contributed by atoms with Crippen molar-refractivity contribution in [3.05, 3.63) is 53.6 Å². The molecule has 2 atom stereocenters. The first-order chi connectivity index (χ1) is 12.1. The lowest BCUT2D eigenvalue weighted by molar-refractivity contribution is 0.350. The van der Waals surface area contributed by atoms with Gasteiger partial charge in [0.05, 0.1) is 14.2 Å². The molecule has 0 saturated carbocycles. The van der Waals surface area contributed by atoms with Gasteiger partial charge < -0.3 is 20.1 Å². The molecule has 0 radical (unpaired) electrons. The van der Waals surface area contributed by atoms with E-state index >= 15 is 0 Å². The number of anilines is 1. The van der Waals surface area contributed by atoms with Gasteiger partial charge in [0.1, 0.15) is 0 Å². The Labute approximate surface area is 150 Å². The first-order valence-corrected chi connectivity index (χ1v) is 8.92. The molecule has 0 saturated heterocycles. The zero-order chi connectivity index (χ0) is 17.8. The Bertz CT molecular complexity index is 701. The fourth-order valence-corrected chi connectivity index (χ4v) is 3.42. The Morgan fingerprint density at radius 3 is 2.40 bits per heavy atom. The molecule has 134 valence electrons. The third-order valence-corrected chi connectivity index (χ3v) is 4.96. The van der Waals surface area contributed by atoms with Crippen LogP contribution in [0.2, 0.25) is 0 Å². The summed E-state index contributed by atoms with van der Waals surface area (Å²) in [5, 5.41) is 7.41. The molecule has 0 aromatic heterocycles. The van der Waals surface area contributed by atoms with E-state index < -0.39 is 0 Å². The quantitative estimate of drug-likeness (QED) is 0.819. The van der Waals surface area contributed by atoms with E-state index in [0.717, 1.165) is 30.2 Å². The standard InChI is InChI=1S/C21H28N2O2/c1-14(2)17-11-18(22-13-15-8-6-5-7-9-15)16-10-20(24-3)21(25-4)12-19(16)23-17/h5-10,12,14,17-18,22-23H,11,13H2,1-4H3/t17-,18-/m1/s1. The van der Waals surface area contributed by atoms with E-state index in [-0.39, 0.29) is 6.04 Å². The molecule has 25 heavy (non-hydrogen) atoms. The van der Waals surface area contributed by atoms with Crippen LogP contribution >= 0.6 is 0 Å². The predicted molar refractivity (Wildman–Crippen MR) is 102 cm³/mol. The van der Waals surface area contributed by atoms with E-state index in [1.54, 1.807) is 14.2 Å². The third-order valence-electron chi connectivity index (χ3n) is 4.96. The van der Waals surface area contributed by atoms with Crippen LogP contribution in [0.15, 0.2) is 42.5 Å². The minimum atomic E-state index is 0.281. The SMILES string of the molecule is COc1cc2c(cc1OC)[C@H](NCc1ccccc1)C[C@H](C(C)C)N2. The van der Waals surface area contributed by atoms with Crippen LogP contribution in [0.3, 0.4) is 0 Å². The smallest absolute Gasteiger partial charge is 0.162 e. The van der Waals surface area contributed by atoms with Gasteiger partial charge in [-0.3, -0.25) is 0 Å². The first-order valence-electron chi connectivity index (χ1n) is 8.92. The molecule has 1 aliphatic heterocycles. The van der Waals surface area contributed by atoms with E-state index in [1.807, 2.05) is 0 Å². The summed E-state index contributed by atoms with van der Waals surface area (Å²) in [4.78, 5) is 0. The molecule has 4 heteroatoms. The lowest BCUT2D eigenvalue weighted by atomic mass is 9.87. The maximum Gasteiger partial charge on any atom is 0.162 e. The molecule has 2 aromatic rings. The summed E-state index contributed by atoms with van der Waals surface area (Å²) in [7, 11) is 3.36. The van der Waals surface area contributed by atoms with E-state index in [1.165, 1.54) is 11.1 Å². The molecule has 3 rings (SSSR count). The third kappa shape index (κ3) is 3.90. The van der Waals surface area contributed by atoms with Crippen molar-refractivity contribution in [2.75, 3.05) is 19.5 Å². The second-order valence-electron chi connectivity index (χ2n) is 6.94. The molecule has 0 spiro atoms. The lowest BCUT2D eigenvalue weighted by Crippen LogP contribution is -2.37. The summed E-state index contributed by atoms with van der Waals surface area (Å²) in [5.74, 6) is 2.10. The summed E-state index contributed by atoms with van der Waals surface area (Å²) in [6.45, 7) is 5.37. The second kappa shape index (κ2) is 7.79. The van der Waals surface area contributed by atoms with Crippen molar-refractivity contribution in [3.63, 3.8) is 0 Å². The number of benzene rings is 2. The van der Waals surface area contributed by atoms with Crippen molar-refractivity contribution in [1.82, 2.24) is 5.32 Å². The van der Waals surface area contributed by atoms with Crippen LogP contribution in [-0.2, 0) is 6.54 Å². The van der Waals surface area contributed by atoms with Gasteiger partial charge in [0.2, 0.25) is 0 Å². The Morgan fingerprint density at radius 2 is 1.76 bits per heavy atom. The molecular formula is C21H28N2O2. The van der Waals surface area contributed by atoms with Crippen LogP contribution in [0.1, 0.15) is 37.4 Å². The molecule has 0 aliphatic carbocycles. The van der Waals surface area contributed by atoms with Crippen LogP contribution in [0.4, 0.5) is 5.69 Å². The predicted octanol–water partition coefficient (Wildman–Crippen LogP) is 4.37. The van der Waals surface area contributed by atoms with Gasteiger partial charge in [-0.1, -0.05) is 44.2 Å². The van der Waals surface area contributed by atoms with Gasteiger partial charge in [0, 0.05) is 30.4 Å². The van der Waals surface area contributed by atoms with E-state index in [9.17, 15) is 0 Å². The topological polar surface area (TPSA) is 42.5 Å². The van der Waals surface area contributed by atoms with E-state index in [4.69, 9.17) is 9.47 Å². The first kappa shape index (κ1) is 17.6. The van der Waals surface area contributed by atoms with Crippen molar-refractivity contribution in [1.29, 1.82) is 0 Å². The second-order valence-corrected chi connectivity index (χ2v) is 6.94. The minimum Gasteiger partial charge on any atom is -0.493 e. The zero-order valence-electron chi connectivity index (χ0n) is 15.5. The van der Waals surface area contributed by atoms with Crippen LogP contribution < -0.4 is 20.1 Å². The number of hydrogen-bond acceptors (Lipinski definition) is 4. The Kier molecular flexibility index (Phi) is 5.49. The highest BCUT2D eigenvalue weighted by Crippen LogP contribution is 2.41. The van der Waals surface area contributed by atoms with Crippen LogP contribution in [0.5, 0.6) is 11.5 Å². The van der Waals surface area contributed by atoms with Crippen molar-refractivity contribution in [2.24, 2.45) is 5.92 Å². The van der Waals surface area contributed by atoms with Crippen LogP contribution in [0, 0.1) is 5.92 Å². The summed E-state index contributed by atoms with van der Waals surface area (Å²) >= 11 is 0. The number of fused-ring (bicyclic) bond motifs is 1.